The Kier molecular flexibility index (Phi) is 2.97. The lowest BCUT2D eigenvalue weighted by Gasteiger charge is -2.11. The van der Waals surface area contributed by atoms with Crippen molar-refractivity contribution < 1.29 is 14.4 Å². The molecule has 1 rings (SSSR count). The number of imide groups is 1. The van der Waals surface area contributed by atoms with E-state index in [1.54, 1.807) is 0 Å². The van der Waals surface area contributed by atoms with Crippen LogP contribution in [0.4, 0.5) is 0 Å². The van der Waals surface area contributed by atoms with Crippen LogP contribution >= 0.6 is 0 Å². The van der Waals surface area contributed by atoms with Gasteiger partial charge in [-0.2, -0.15) is 0 Å². The van der Waals surface area contributed by atoms with Gasteiger partial charge in [-0.05, 0) is 6.42 Å². The van der Waals surface area contributed by atoms with Gasteiger partial charge in [0.15, 0.2) is 0 Å². The number of carbonyl (C=O) groups excluding carboxylic acids is 3. The summed E-state index contributed by atoms with van der Waals surface area (Å²) < 4.78 is 0. The number of rotatable bonds is 2. The molecule has 0 unspecified atom stereocenters. The molecule has 0 radical (unpaired) electrons. The molecule has 0 spiro atoms. The second-order valence-corrected chi connectivity index (χ2v) is 2.79. The van der Waals surface area contributed by atoms with E-state index in [4.69, 9.17) is 5.84 Å². The van der Waals surface area contributed by atoms with E-state index in [-0.39, 0.29) is 12.3 Å². The zero-order chi connectivity index (χ0) is 9.84. The van der Waals surface area contributed by atoms with Crippen molar-refractivity contribution in [3.63, 3.8) is 0 Å². The lowest BCUT2D eigenvalue weighted by Crippen LogP contribution is -2.38. The third-order valence-electron chi connectivity index (χ3n) is 1.85. The van der Waals surface area contributed by atoms with E-state index in [9.17, 15) is 14.4 Å². The smallest absolute Gasteiger partial charge is 0.243 e. The van der Waals surface area contributed by atoms with E-state index in [1.165, 1.54) is 0 Å². The topological polar surface area (TPSA) is 92.5 Å². The number of nitrogens with one attached hydrogen (secondary N) is 1. The average molecular weight is 185 g/mol. The Bertz CT molecular complexity index is 251. The van der Waals surface area contributed by atoms with Crippen LogP contribution in [0.5, 0.6) is 0 Å². The summed E-state index contributed by atoms with van der Waals surface area (Å²) in [7, 11) is 0. The number of hydrogen-bond acceptors (Lipinski definition) is 4. The van der Waals surface area contributed by atoms with E-state index < -0.39 is 11.8 Å². The highest BCUT2D eigenvalue weighted by Gasteiger charge is 2.27. The zero-order valence-electron chi connectivity index (χ0n) is 7.08. The predicted octanol–water partition coefficient (Wildman–Crippen LogP) is -1.48. The zero-order valence-corrected chi connectivity index (χ0v) is 7.08. The van der Waals surface area contributed by atoms with Crippen LogP contribution in [0.3, 0.4) is 0 Å². The highest BCUT2D eigenvalue weighted by molar-refractivity contribution is 6.04. The minimum absolute atomic E-state index is 0.213. The molecule has 0 bridgehead atoms. The van der Waals surface area contributed by atoms with Gasteiger partial charge in [0.2, 0.25) is 17.7 Å². The van der Waals surface area contributed by atoms with Crippen LogP contribution in [0, 0.1) is 0 Å². The highest BCUT2D eigenvalue weighted by atomic mass is 16.2. The van der Waals surface area contributed by atoms with Crippen LogP contribution in [0.1, 0.15) is 19.3 Å². The van der Waals surface area contributed by atoms with Crippen LogP contribution in [0.25, 0.3) is 0 Å². The fourth-order valence-electron chi connectivity index (χ4n) is 1.20. The Morgan fingerprint density at radius 3 is 2.69 bits per heavy atom. The van der Waals surface area contributed by atoms with Crippen molar-refractivity contribution in [3.05, 3.63) is 0 Å². The molecule has 1 aliphatic heterocycles. The SMILES string of the molecule is NNC(=O)CC(=O)N1CCCC1=O. The second kappa shape index (κ2) is 3.99. The largest absolute Gasteiger partial charge is 0.294 e. The molecule has 1 heterocycles. The molecular weight excluding hydrogens is 174 g/mol. The Morgan fingerprint density at radius 2 is 2.23 bits per heavy atom. The third-order valence-corrected chi connectivity index (χ3v) is 1.85. The van der Waals surface area contributed by atoms with Gasteiger partial charge in [-0.3, -0.25) is 24.7 Å². The summed E-state index contributed by atoms with van der Waals surface area (Å²) in [5, 5.41) is 0. The first-order chi connectivity index (χ1) is 6.15. The fourth-order valence-corrected chi connectivity index (χ4v) is 1.20. The van der Waals surface area contributed by atoms with Gasteiger partial charge in [0, 0.05) is 13.0 Å². The lowest BCUT2D eigenvalue weighted by atomic mass is 10.3. The molecule has 3 N–H and O–H groups in total. The van der Waals surface area contributed by atoms with Crippen LogP contribution in [-0.4, -0.2) is 29.2 Å². The number of hydrogen-bond donors (Lipinski definition) is 2. The van der Waals surface area contributed by atoms with Crippen molar-refractivity contribution in [2.45, 2.75) is 19.3 Å². The number of nitrogens with zero attached hydrogens (tertiary/aromatic N) is 1. The maximum Gasteiger partial charge on any atom is 0.243 e. The van der Waals surface area contributed by atoms with Crippen molar-refractivity contribution in [2.75, 3.05) is 6.54 Å². The summed E-state index contributed by atoms with van der Waals surface area (Å²) >= 11 is 0. The highest BCUT2D eigenvalue weighted by Crippen LogP contribution is 2.10. The Balaban J connectivity index is 2.47. The number of hydrazine groups is 1. The minimum atomic E-state index is -0.579. The minimum Gasteiger partial charge on any atom is -0.294 e. The van der Waals surface area contributed by atoms with Gasteiger partial charge in [-0.15, -0.1) is 0 Å². The first-order valence-corrected chi connectivity index (χ1v) is 3.98. The quantitative estimate of drug-likeness (QED) is 0.237. The monoisotopic (exact) mass is 185 g/mol. The standard InChI is InChI=1S/C7H11N3O3/c8-9-5(11)4-7(13)10-3-1-2-6(10)12/h1-4,8H2,(H,9,11). The van der Waals surface area contributed by atoms with Gasteiger partial charge in [0.1, 0.15) is 6.42 Å². The van der Waals surface area contributed by atoms with Crippen LogP contribution in [-0.2, 0) is 14.4 Å². The number of likely N-dealkylation sites (tertiary alicyclic amines) is 1. The van der Waals surface area contributed by atoms with Gasteiger partial charge < -0.3 is 0 Å². The molecular formula is C7H11N3O3. The molecule has 1 saturated heterocycles. The molecule has 0 saturated carbocycles. The van der Waals surface area contributed by atoms with Crippen LogP contribution in [0.15, 0.2) is 0 Å². The van der Waals surface area contributed by atoms with E-state index >= 15 is 0 Å². The summed E-state index contributed by atoms with van der Waals surface area (Å²) in [5.41, 5.74) is 1.84. The summed E-state index contributed by atoms with van der Waals surface area (Å²) in [6, 6.07) is 0. The Morgan fingerprint density at radius 1 is 1.54 bits per heavy atom. The van der Waals surface area contributed by atoms with Crippen molar-refractivity contribution in [1.82, 2.24) is 10.3 Å². The normalized spacial score (nSPS) is 16.1. The Hall–Kier alpha value is -1.43. The second-order valence-electron chi connectivity index (χ2n) is 2.79. The fraction of sp³-hybridized carbons (Fsp3) is 0.571. The number of nitrogens with two attached hydrogens (primary N) is 1. The maximum atomic E-state index is 11.2. The predicted molar refractivity (Wildman–Crippen MR) is 42.9 cm³/mol. The molecule has 6 nitrogen and oxygen atoms in total. The van der Waals surface area contributed by atoms with E-state index in [0.29, 0.717) is 19.4 Å². The van der Waals surface area contributed by atoms with Gasteiger partial charge in [0.25, 0.3) is 0 Å². The summed E-state index contributed by atoms with van der Waals surface area (Å²) in [6.45, 7) is 0.412. The van der Waals surface area contributed by atoms with Crippen LogP contribution in [0.2, 0.25) is 0 Å². The molecule has 0 aliphatic carbocycles. The summed E-state index contributed by atoms with van der Waals surface area (Å²) in [4.78, 5) is 34.0. The van der Waals surface area contributed by atoms with E-state index in [2.05, 4.69) is 0 Å². The Labute approximate surface area is 75.0 Å². The maximum absolute atomic E-state index is 11.2. The molecule has 72 valence electrons. The number of amides is 3. The van der Waals surface area contributed by atoms with E-state index in [0.717, 1.165) is 4.90 Å². The molecule has 13 heavy (non-hydrogen) atoms. The average Bonchev–Trinajstić information content (AvgIpc) is 2.51. The van der Waals surface area contributed by atoms with Crippen molar-refractivity contribution in [3.8, 4) is 0 Å². The molecule has 0 aromatic heterocycles. The van der Waals surface area contributed by atoms with E-state index in [1.807, 2.05) is 5.43 Å². The number of carbonyl (C=O) groups is 3. The third kappa shape index (κ3) is 2.25. The summed E-state index contributed by atoms with van der Waals surface area (Å²) in [5.74, 6) is 3.53. The van der Waals surface area contributed by atoms with Crippen LogP contribution < -0.4 is 11.3 Å². The lowest BCUT2D eigenvalue weighted by molar-refractivity contribution is -0.143. The first kappa shape index (κ1) is 9.66. The van der Waals surface area contributed by atoms with Gasteiger partial charge in [-0.1, -0.05) is 0 Å². The van der Waals surface area contributed by atoms with Crippen molar-refractivity contribution in [1.29, 1.82) is 0 Å². The molecule has 1 aliphatic rings. The first-order valence-electron chi connectivity index (χ1n) is 3.98. The molecule has 0 atom stereocenters. The molecule has 3 amide bonds. The molecule has 0 aromatic rings. The molecule has 1 fully saturated rings. The van der Waals surface area contributed by atoms with Gasteiger partial charge in [-0.25, -0.2) is 5.84 Å². The molecule has 0 aromatic carbocycles. The summed E-state index contributed by atoms with van der Waals surface area (Å²) in [6.07, 6.45) is 0.701. The molecule has 6 heteroatoms. The van der Waals surface area contributed by atoms with Gasteiger partial charge >= 0.3 is 0 Å². The van der Waals surface area contributed by atoms with Crippen molar-refractivity contribution in [2.24, 2.45) is 5.84 Å². The van der Waals surface area contributed by atoms with Gasteiger partial charge in [0.05, 0.1) is 0 Å². The van der Waals surface area contributed by atoms with Crippen molar-refractivity contribution >= 4 is 17.7 Å².